The summed E-state index contributed by atoms with van der Waals surface area (Å²) in [6.07, 6.45) is 1.38. The van der Waals surface area contributed by atoms with Gasteiger partial charge in [-0.25, -0.2) is 10.2 Å². The van der Waals surface area contributed by atoms with Gasteiger partial charge >= 0.3 is 17.8 Å². The highest BCUT2D eigenvalue weighted by atomic mass is 16.5. The molecule has 1 heterocycles. The molecule has 0 spiro atoms. The summed E-state index contributed by atoms with van der Waals surface area (Å²) in [5, 5.41) is 6.50. The van der Waals surface area contributed by atoms with Gasteiger partial charge in [-0.3, -0.25) is 9.59 Å². The highest BCUT2D eigenvalue weighted by Crippen LogP contribution is 2.15. The molecule has 0 unspecified atom stereocenters. The molecule has 8 nitrogen and oxygen atoms in total. The van der Waals surface area contributed by atoms with Crippen molar-refractivity contribution in [3.8, 4) is 5.75 Å². The molecule has 0 aliphatic heterocycles. The smallest absolute Gasteiger partial charge is 0.379 e. The molecule has 0 aliphatic rings. The third kappa shape index (κ3) is 5.89. The lowest BCUT2D eigenvalue weighted by Crippen LogP contribution is -2.33. The first-order valence-corrected chi connectivity index (χ1v) is 9.42. The minimum Gasteiger partial charge on any atom is -0.457 e. The van der Waals surface area contributed by atoms with E-state index in [0.717, 1.165) is 11.1 Å². The maximum atomic E-state index is 12.1. The molecule has 2 amide bonds. The summed E-state index contributed by atoms with van der Waals surface area (Å²) >= 11 is 0. The number of esters is 1. The molecule has 0 fully saturated rings. The second-order valence-electron chi connectivity index (χ2n) is 6.86. The summed E-state index contributed by atoms with van der Waals surface area (Å²) in [6.45, 7) is 5.48. The van der Waals surface area contributed by atoms with E-state index < -0.39 is 17.8 Å². The third-order valence-corrected chi connectivity index (χ3v) is 4.22. The number of hydrazone groups is 1. The topological polar surface area (TPSA) is 110 Å². The Morgan fingerprint density at radius 2 is 1.61 bits per heavy atom. The van der Waals surface area contributed by atoms with Gasteiger partial charge < -0.3 is 14.5 Å². The van der Waals surface area contributed by atoms with E-state index in [2.05, 4.69) is 15.8 Å². The van der Waals surface area contributed by atoms with Crippen LogP contribution in [0.3, 0.4) is 0 Å². The van der Waals surface area contributed by atoms with Crippen molar-refractivity contribution in [3.63, 3.8) is 0 Å². The van der Waals surface area contributed by atoms with Crippen LogP contribution in [-0.4, -0.2) is 23.5 Å². The van der Waals surface area contributed by atoms with Crippen LogP contribution in [0.25, 0.3) is 0 Å². The first-order chi connectivity index (χ1) is 14.8. The lowest BCUT2D eigenvalue weighted by atomic mass is 10.1. The number of hydrogen-bond donors (Lipinski definition) is 2. The van der Waals surface area contributed by atoms with Crippen LogP contribution in [0.15, 0.2) is 70.4 Å². The molecule has 3 aromatic rings. The summed E-state index contributed by atoms with van der Waals surface area (Å²) < 4.78 is 10.2. The Morgan fingerprint density at radius 1 is 0.935 bits per heavy atom. The van der Waals surface area contributed by atoms with Crippen molar-refractivity contribution in [3.05, 3.63) is 83.3 Å². The van der Waals surface area contributed by atoms with Crippen LogP contribution in [0.2, 0.25) is 0 Å². The van der Waals surface area contributed by atoms with Gasteiger partial charge in [-0.2, -0.15) is 5.10 Å². The number of anilines is 1. The molecule has 0 bridgehead atoms. The maximum Gasteiger partial charge on any atom is 0.379 e. The zero-order valence-corrected chi connectivity index (χ0v) is 17.3. The van der Waals surface area contributed by atoms with Crippen molar-refractivity contribution < 1.29 is 23.5 Å². The fourth-order valence-electron chi connectivity index (χ4n) is 2.80. The van der Waals surface area contributed by atoms with Gasteiger partial charge in [0.1, 0.15) is 5.75 Å². The van der Waals surface area contributed by atoms with Crippen LogP contribution < -0.4 is 15.5 Å². The number of ether oxygens (including phenoxy) is 1. The standard InChI is InChI=1S/C23H21N3O5/c1-14-11-15(2)13-18(12-14)24-21(27)22(28)26-25-16(3)17-6-8-19(9-7-17)31-23(29)20-5-4-10-30-20/h4-13H,1-3H3,(H,24,27)(H,26,28). The Kier molecular flexibility index (Phi) is 6.61. The molecule has 0 saturated heterocycles. The number of nitrogens with zero attached hydrogens (tertiary/aromatic N) is 1. The minimum absolute atomic E-state index is 0.101. The van der Waals surface area contributed by atoms with E-state index in [1.165, 1.54) is 12.3 Å². The van der Waals surface area contributed by atoms with E-state index in [0.29, 0.717) is 22.7 Å². The van der Waals surface area contributed by atoms with Gasteiger partial charge in [0.2, 0.25) is 5.76 Å². The normalized spacial score (nSPS) is 11.0. The Balaban J connectivity index is 1.57. The Labute approximate surface area is 178 Å². The van der Waals surface area contributed by atoms with Crippen molar-refractivity contribution in [2.45, 2.75) is 20.8 Å². The zero-order chi connectivity index (χ0) is 22.4. The molecule has 1 aromatic heterocycles. The number of amides is 2. The van der Waals surface area contributed by atoms with Crippen LogP contribution in [0.5, 0.6) is 5.75 Å². The highest BCUT2D eigenvalue weighted by Gasteiger charge is 2.14. The average Bonchev–Trinajstić information content (AvgIpc) is 3.26. The van der Waals surface area contributed by atoms with Crippen molar-refractivity contribution in [1.29, 1.82) is 0 Å². The molecular weight excluding hydrogens is 398 g/mol. The van der Waals surface area contributed by atoms with E-state index in [1.807, 2.05) is 19.9 Å². The van der Waals surface area contributed by atoms with Crippen molar-refractivity contribution in [2.24, 2.45) is 5.10 Å². The minimum atomic E-state index is -0.887. The van der Waals surface area contributed by atoms with Crippen molar-refractivity contribution in [1.82, 2.24) is 5.43 Å². The predicted octanol–water partition coefficient (Wildman–Crippen LogP) is 3.59. The summed E-state index contributed by atoms with van der Waals surface area (Å²) in [5.41, 5.74) is 5.87. The highest BCUT2D eigenvalue weighted by molar-refractivity contribution is 6.39. The number of aryl methyl sites for hydroxylation is 2. The molecule has 31 heavy (non-hydrogen) atoms. The molecule has 0 atom stereocenters. The summed E-state index contributed by atoms with van der Waals surface area (Å²) in [5.74, 6) is -1.88. The van der Waals surface area contributed by atoms with Gasteiger partial charge in [-0.05, 0) is 86.0 Å². The number of carbonyl (C=O) groups is 3. The molecule has 2 aromatic carbocycles. The van der Waals surface area contributed by atoms with Crippen LogP contribution in [0.4, 0.5) is 5.69 Å². The van der Waals surface area contributed by atoms with Crippen LogP contribution in [0.1, 0.15) is 34.2 Å². The number of carbonyl (C=O) groups excluding carboxylic acids is 3. The second kappa shape index (κ2) is 9.53. The third-order valence-electron chi connectivity index (χ3n) is 4.22. The van der Waals surface area contributed by atoms with Gasteiger partial charge in [0.15, 0.2) is 0 Å². The van der Waals surface area contributed by atoms with Gasteiger partial charge in [-0.15, -0.1) is 0 Å². The Bertz CT molecular complexity index is 1110. The monoisotopic (exact) mass is 419 g/mol. The molecule has 3 rings (SSSR count). The van der Waals surface area contributed by atoms with Crippen LogP contribution in [-0.2, 0) is 9.59 Å². The molecule has 0 aliphatic carbocycles. The van der Waals surface area contributed by atoms with E-state index in [9.17, 15) is 14.4 Å². The molecule has 2 N–H and O–H groups in total. The van der Waals surface area contributed by atoms with E-state index >= 15 is 0 Å². The fraction of sp³-hybridized carbons (Fsp3) is 0.130. The number of rotatable bonds is 5. The molecule has 8 heteroatoms. The zero-order valence-electron chi connectivity index (χ0n) is 17.3. The lowest BCUT2D eigenvalue weighted by Gasteiger charge is -2.07. The van der Waals surface area contributed by atoms with E-state index in [1.54, 1.807) is 49.4 Å². The SMILES string of the molecule is CC(=NNC(=O)C(=O)Nc1cc(C)cc(C)c1)c1ccc(OC(=O)c2ccco2)cc1. The molecule has 158 valence electrons. The number of benzene rings is 2. The largest absolute Gasteiger partial charge is 0.457 e. The predicted molar refractivity (Wildman–Crippen MR) is 115 cm³/mol. The Hall–Kier alpha value is -4.20. The van der Waals surface area contributed by atoms with Gasteiger partial charge in [0, 0.05) is 5.69 Å². The first kappa shape index (κ1) is 21.5. The number of hydrogen-bond acceptors (Lipinski definition) is 6. The number of nitrogens with one attached hydrogen (secondary N) is 2. The Morgan fingerprint density at radius 3 is 2.23 bits per heavy atom. The summed E-state index contributed by atoms with van der Waals surface area (Å²) in [4.78, 5) is 36.0. The molecule has 0 saturated carbocycles. The fourth-order valence-corrected chi connectivity index (χ4v) is 2.80. The van der Waals surface area contributed by atoms with Crippen molar-refractivity contribution >= 4 is 29.2 Å². The van der Waals surface area contributed by atoms with Gasteiger partial charge in [0.05, 0.1) is 12.0 Å². The molecule has 0 radical (unpaired) electrons. The van der Waals surface area contributed by atoms with Crippen molar-refractivity contribution in [2.75, 3.05) is 5.32 Å². The number of furan rings is 1. The first-order valence-electron chi connectivity index (χ1n) is 9.42. The van der Waals surface area contributed by atoms with Crippen LogP contribution >= 0.6 is 0 Å². The lowest BCUT2D eigenvalue weighted by molar-refractivity contribution is -0.136. The second-order valence-corrected chi connectivity index (χ2v) is 6.86. The quantitative estimate of drug-likeness (QED) is 0.216. The van der Waals surface area contributed by atoms with E-state index in [4.69, 9.17) is 9.15 Å². The molecular formula is C23H21N3O5. The summed E-state index contributed by atoms with van der Waals surface area (Å²) in [7, 11) is 0. The van der Waals surface area contributed by atoms with Crippen LogP contribution in [0, 0.1) is 13.8 Å². The summed E-state index contributed by atoms with van der Waals surface area (Å²) in [6, 6.07) is 15.1. The maximum absolute atomic E-state index is 12.1. The van der Waals surface area contributed by atoms with Gasteiger partial charge in [-0.1, -0.05) is 6.07 Å². The van der Waals surface area contributed by atoms with E-state index in [-0.39, 0.29) is 5.76 Å². The average molecular weight is 419 g/mol. The van der Waals surface area contributed by atoms with Gasteiger partial charge in [0.25, 0.3) is 0 Å².